The smallest absolute Gasteiger partial charge is 0.0776 e. The molecule has 4 heteroatoms. The summed E-state index contributed by atoms with van der Waals surface area (Å²) in [5.41, 5.74) is 2.64. The van der Waals surface area contributed by atoms with Gasteiger partial charge in [-0.3, -0.25) is 0 Å². The number of hydrogen-bond acceptors (Lipinski definition) is 2. The van der Waals surface area contributed by atoms with E-state index in [4.69, 9.17) is 11.6 Å². The molecule has 1 N–H and O–H groups in total. The number of aliphatic hydroxyl groups excluding tert-OH is 1. The van der Waals surface area contributed by atoms with Crippen LogP contribution in [0.3, 0.4) is 0 Å². The Kier molecular flexibility index (Phi) is 3.01. The largest absolute Gasteiger partial charge is 0.389 e. The van der Waals surface area contributed by atoms with E-state index < -0.39 is 6.10 Å². The van der Waals surface area contributed by atoms with Gasteiger partial charge in [0.1, 0.15) is 0 Å². The third-order valence-corrected chi connectivity index (χ3v) is 3.48. The van der Waals surface area contributed by atoms with Crippen LogP contribution in [-0.4, -0.2) is 14.9 Å². The Morgan fingerprint density at radius 3 is 2.74 bits per heavy atom. The van der Waals surface area contributed by atoms with Gasteiger partial charge in [0, 0.05) is 10.4 Å². The van der Waals surface area contributed by atoms with E-state index in [1.165, 1.54) is 0 Å². The second kappa shape index (κ2) is 4.68. The quantitative estimate of drug-likeness (QED) is 0.772. The molecule has 0 saturated carbocycles. The molecule has 3 nitrogen and oxygen atoms in total. The van der Waals surface area contributed by atoms with Gasteiger partial charge in [0.2, 0.25) is 0 Å². The van der Waals surface area contributed by atoms with Crippen molar-refractivity contribution in [3.8, 4) is 5.69 Å². The van der Waals surface area contributed by atoms with Crippen LogP contribution in [0.15, 0.2) is 48.7 Å². The van der Waals surface area contributed by atoms with Crippen LogP contribution >= 0.6 is 11.6 Å². The summed E-state index contributed by atoms with van der Waals surface area (Å²) in [6.45, 7) is 1.70. The monoisotopic (exact) mass is 272 g/mol. The van der Waals surface area contributed by atoms with E-state index in [0.29, 0.717) is 5.02 Å². The molecule has 0 aliphatic rings. The Bertz CT molecular complexity index is 734. The Hall–Kier alpha value is -1.84. The summed E-state index contributed by atoms with van der Waals surface area (Å²) in [5, 5.41) is 15.6. The highest BCUT2D eigenvalue weighted by Crippen LogP contribution is 2.26. The molecule has 0 saturated heterocycles. The van der Waals surface area contributed by atoms with Crippen LogP contribution in [-0.2, 0) is 0 Å². The summed E-state index contributed by atoms with van der Waals surface area (Å²) in [6.07, 6.45) is 1.25. The van der Waals surface area contributed by atoms with E-state index in [0.717, 1.165) is 22.2 Å². The van der Waals surface area contributed by atoms with Crippen molar-refractivity contribution in [2.75, 3.05) is 0 Å². The number of aliphatic hydroxyl groups is 1. The van der Waals surface area contributed by atoms with Gasteiger partial charge < -0.3 is 5.11 Å². The highest BCUT2D eigenvalue weighted by molar-refractivity contribution is 6.31. The molecule has 1 atom stereocenters. The molecule has 1 aromatic heterocycles. The number of fused-ring (bicyclic) bond motifs is 1. The minimum absolute atomic E-state index is 0.548. The van der Waals surface area contributed by atoms with E-state index in [1.54, 1.807) is 6.92 Å². The Labute approximate surface area is 116 Å². The van der Waals surface area contributed by atoms with Crippen molar-refractivity contribution < 1.29 is 5.11 Å². The number of benzene rings is 2. The molecule has 0 spiro atoms. The zero-order chi connectivity index (χ0) is 13.4. The second-order valence-electron chi connectivity index (χ2n) is 4.50. The predicted molar refractivity (Wildman–Crippen MR) is 76.7 cm³/mol. The molecule has 96 valence electrons. The second-order valence-corrected chi connectivity index (χ2v) is 4.90. The van der Waals surface area contributed by atoms with Gasteiger partial charge in [-0.1, -0.05) is 35.9 Å². The minimum atomic E-state index is -0.573. The normalized spacial score (nSPS) is 12.8. The molecule has 19 heavy (non-hydrogen) atoms. The molecular formula is C15H13ClN2O. The van der Waals surface area contributed by atoms with E-state index >= 15 is 0 Å². The number of halogens is 1. The number of nitrogens with zero attached hydrogens (tertiary/aromatic N) is 2. The van der Waals surface area contributed by atoms with E-state index in [2.05, 4.69) is 5.10 Å². The highest BCUT2D eigenvalue weighted by Gasteiger charge is 2.09. The van der Waals surface area contributed by atoms with Gasteiger partial charge in [-0.2, -0.15) is 5.10 Å². The number of aromatic nitrogens is 2. The van der Waals surface area contributed by atoms with Crippen LogP contribution in [0, 0.1) is 0 Å². The zero-order valence-electron chi connectivity index (χ0n) is 10.4. The van der Waals surface area contributed by atoms with Gasteiger partial charge >= 0.3 is 0 Å². The Morgan fingerprint density at radius 1 is 1.21 bits per heavy atom. The average molecular weight is 273 g/mol. The summed E-state index contributed by atoms with van der Waals surface area (Å²) >= 11 is 6.19. The van der Waals surface area contributed by atoms with E-state index in [9.17, 15) is 5.11 Å². The first-order valence-electron chi connectivity index (χ1n) is 6.07. The van der Waals surface area contributed by atoms with Crippen molar-refractivity contribution in [3.05, 3.63) is 59.2 Å². The van der Waals surface area contributed by atoms with Gasteiger partial charge in [-0.05, 0) is 30.7 Å². The van der Waals surface area contributed by atoms with Crippen molar-refractivity contribution in [2.24, 2.45) is 0 Å². The van der Waals surface area contributed by atoms with Crippen LogP contribution < -0.4 is 0 Å². The topological polar surface area (TPSA) is 38.0 Å². The van der Waals surface area contributed by atoms with Gasteiger partial charge in [0.25, 0.3) is 0 Å². The lowest BCUT2D eigenvalue weighted by Gasteiger charge is -2.10. The molecule has 0 radical (unpaired) electrons. The molecule has 3 rings (SSSR count). The molecule has 2 aromatic carbocycles. The zero-order valence-corrected chi connectivity index (χ0v) is 11.2. The first kappa shape index (κ1) is 12.2. The van der Waals surface area contributed by atoms with Gasteiger partial charge in [0.05, 0.1) is 23.5 Å². The lowest BCUT2D eigenvalue weighted by molar-refractivity contribution is 0.199. The fourth-order valence-corrected chi connectivity index (χ4v) is 2.50. The lowest BCUT2D eigenvalue weighted by Crippen LogP contribution is -1.98. The van der Waals surface area contributed by atoms with Gasteiger partial charge in [0.15, 0.2) is 0 Å². The number of hydrogen-bond donors (Lipinski definition) is 1. The van der Waals surface area contributed by atoms with Crippen molar-refractivity contribution in [1.29, 1.82) is 0 Å². The molecular weight excluding hydrogens is 260 g/mol. The van der Waals surface area contributed by atoms with E-state index in [1.807, 2.05) is 53.3 Å². The molecule has 1 heterocycles. The van der Waals surface area contributed by atoms with Gasteiger partial charge in [-0.25, -0.2) is 4.68 Å². The van der Waals surface area contributed by atoms with Crippen LogP contribution in [0.2, 0.25) is 5.02 Å². The first-order valence-corrected chi connectivity index (χ1v) is 6.45. The first-order chi connectivity index (χ1) is 9.16. The molecule has 0 bridgehead atoms. The standard InChI is InChI=1S/C15H13ClN2O/c1-10(19)13-7-6-12(8-14(13)16)18-15-5-3-2-4-11(15)9-17-18/h2-10,19H,1H3. The summed E-state index contributed by atoms with van der Waals surface area (Å²) in [6, 6.07) is 13.6. The summed E-state index contributed by atoms with van der Waals surface area (Å²) < 4.78 is 1.84. The molecule has 0 aliphatic heterocycles. The van der Waals surface area contributed by atoms with Crippen LogP contribution in [0.4, 0.5) is 0 Å². The molecule has 3 aromatic rings. The van der Waals surface area contributed by atoms with Crippen molar-refractivity contribution in [1.82, 2.24) is 9.78 Å². The third-order valence-electron chi connectivity index (χ3n) is 3.16. The minimum Gasteiger partial charge on any atom is -0.389 e. The predicted octanol–water partition coefficient (Wildman–Crippen LogP) is 3.73. The van der Waals surface area contributed by atoms with Crippen LogP contribution in [0.5, 0.6) is 0 Å². The lowest BCUT2D eigenvalue weighted by atomic mass is 10.1. The molecule has 0 amide bonds. The number of rotatable bonds is 2. The molecule has 0 fully saturated rings. The maximum atomic E-state index is 9.59. The third kappa shape index (κ3) is 2.11. The van der Waals surface area contributed by atoms with Crippen molar-refractivity contribution in [2.45, 2.75) is 13.0 Å². The summed E-state index contributed by atoms with van der Waals surface area (Å²) in [7, 11) is 0. The Morgan fingerprint density at radius 2 is 2.00 bits per heavy atom. The van der Waals surface area contributed by atoms with Crippen LogP contribution in [0.1, 0.15) is 18.6 Å². The maximum Gasteiger partial charge on any atom is 0.0776 e. The average Bonchev–Trinajstić information content (AvgIpc) is 2.82. The maximum absolute atomic E-state index is 9.59. The van der Waals surface area contributed by atoms with Crippen molar-refractivity contribution >= 4 is 22.5 Å². The fraction of sp³-hybridized carbons (Fsp3) is 0.133. The summed E-state index contributed by atoms with van der Waals surface area (Å²) in [5.74, 6) is 0. The molecule has 0 aliphatic carbocycles. The van der Waals surface area contributed by atoms with E-state index in [-0.39, 0.29) is 0 Å². The highest BCUT2D eigenvalue weighted by atomic mass is 35.5. The Balaban J connectivity index is 2.14. The summed E-state index contributed by atoms with van der Waals surface area (Å²) in [4.78, 5) is 0. The SMILES string of the molecule is CC(O)c1ccc(-n2ncc3ccccc32)cc1Cl. The van der Waals surface area contributed by atoms with Crippen molar-refractivity contribution in [3.63, 3.8) is 0 Å². The number of para-hydroxylation sites is 1. The van der Waals surface area contributed by atoms with Crippen LogP contribution in [0.25, 0.3) is 16.6 Å². The molecule has 1 unspecified atom stereocenters. The fourth-order valence-electron chi connectivity index (χ4n) is 2.16. The van der Waals surface area contributed by atoms with Gasteiger partial charge in [-0.15, -0.1) is 0 Å².